The Kier molecular flexibility index (Phi) is 10.7. The molecule has 2 aromatic rings. The van der Waals surface area contributed by atoms with Crippen LogP contribution in [-0.2, 0) is 21.0 Å². The lowest BCUT2D eigenvalue weighted by Gasteiger charge is -2.11. The van der Waals surface area contributed by atoms with Gasteiger partial charge in [-0.3, -0.25) is 4.99 Å². The number of nitrogens with one attached hydrogen (secondary N) is 3. The predicted molar refractivity (Wildman–Crippen MR) is 122 cm³/mol. The van der Waals surface area contributed by atoms with Crippen LogP contribution in [0, 0.1) is 0 Å². The molecule has 27 heavy (non-hydrogen) atoms. The van der Waals surface area contributed by atoms with Crippen molar-refractivity contribution in [3.8, 4) is 0 Å². The highest BCUT2D eigenvalue weighted by molar-refractivity contribution is 14.0. The highest BCUT2D eigenvalue weighted by atomic mass is 127. The molecule has 0 aliphatic rings. The van der Waals surface area contributed by atoms with Gasteiger partial charge in [0, 0.05) is 36.4 Å². The molecule has 0 aliphatic carbocycles. The largest absolute Gasteiger partial charge is 0.378 e. The van der Waals surface area contributed by atoms with Crippen LogP contribution < -0.4 is 10.6 Å². The molecule has 7 nitrogen and oxygen atoms in total. The standard InChI is InChI=1S/C18H28N4O3S.HI/c1-3-19-18(21-10-11-25-12-13-26(2,23)24)20-9-8-15-14-22-17-7-5-4-6-16(15)17;/h4-7,14,22H,3,8-13H2,1-2H3,(H2,19,20,21);1H. The second-order valence-corrected chi connectivity index (χ2v) is 8.30. The first-order valence-corrected chi connectivity index (χ1v) is 10.9. The topological polar surface area (TPSA) is 95.6 Å². The van der Waals surface area contributed by atoms with Crippen LogP contribution in [0.15, 0.2) is 35.5 Å². The summed E-state index contributed by atoms with van der Waals surface area (Å²) < 4.78 is 27.4. The number of aromatic amines is 1. The van der Waals surface area contributed by atoms with Crippen LogP contribution >= 0.6 is 24.0 Å². The zero-order chi connectivity index (χ0) is 18.8. The van der Waals surface area contributed by atoms with Crippen molar-refractivity contribution in [3.63, 3.8) is 0 Å². The van der Waals surface area contributed by atoms with Gasteiger partial charge in [0.15, 0.2) is 5.96 Å². The number of aromatic nitrogens is 1. The van der Waals surface area contributed by atoms with Crippen LogP contribution in [-0.4, -0.2) is 64.2 Å². The summed E-state index contributed by atoms with van der Waals surface area (Å²) in [6.07, 6.45) is 4.14. The number of benzene rings is 1. The van der Waals surface area contributed by atoms with Crippen LogP contribution in [0.3, 0.4) is 0 Å². The SMILES string of the molecule is CCNC(=NCCOCCS(C)(=O)=O)NCCc1c[nH]c2ccccc12.I. The monoisotopic (exact) mass is 508 g/mol. The predicted octanol–water partition coefficient (Wildman–Crippen LogP) is 1.94. The molecule has 0 amide bonds. The second-order valence-electron chi connectivity index (χ2n) is 6.04. The minimum Gasteiger partial charge on any atom is -0.378 e. The smallest absolute Gasteiger partial charge is 0.191 e. The van der Waals surface area contributed by atoms with E-state index in [1.54, 1.807) is 0 Å². The Morgan fingerprint density at radius 3 is 2.74 bits per heavy atom. The molecule has 1 heterocycles. The molecule has 3 N–H and O–H groups in total. The number of sulfone groups is 1. The molecule has 0 saturated heterocycles. The summed E-state index contributed by atoms with van der Waals surface area (Å²) in [5.74, 6) is 0.777. The van der Waals surface area contributed by atoms with Gasteiger partial charge < -0.3 is 20.4 Å². The minimum absolute atomic E-state index is 0. The molecule has 0 atom stereocenters. The molecule has 0 spiro atoms. The van der Waals surface area contributed by atoms with Crippen LogP contribution in [0.1, 0.15) is 12.5 Å². The molecule has 1 aromatic carbocycles. The van der Waals surface area contributed by atoms with Crippen LogP contribution in [0.5, 0.6) is 0 Å². The molecule has 0 radical (unpaired) electrons. The van der Waals surface area contributed by atoms with Gasteiger partial charge >= 0.3 is 0 Å². The molecule has 0 aliphatic heterocycles. The number of rotatable bonds is 10. The number of aliphatic imine (C=N–C) groups is 1. The molecule has 0 fully saturated rings. The van der Waals surface area contributed by atoms with E-state index in [-0.39, 0.29) is 36.3 Å². The van der Waals surface area contributed by atoms with Gasteiger partial charge in [0.1, 0.15) is 9.84 Å². The van der Waals surface area contributed by atoms with Crippen molar-refractivity contribution in [1.29, 1.82) is 0 Å². The normalized spacial score (nSPS) is 12.0. The number of hydrogen-bond acceptors (Lipinski definition) is 4. The van der Waals surface area contributed by atoms with E-state index in [1.165, 1.54) is 17.2 Å². The van der Waals surface area contributed by atoms with Crippen LogP contribution in [0.25, 0.3) is 10.9 Å². The Bertz CT molecular complexity index is 821. The first-order valence-electron chi connectivity index (χ1n) is 8.82. The first kappa shape index (κ1) is 23.7. The zero-order valence-corrected chi connectivity index (χ0v) is 19.0. The molecule has 152 valence electrons. The number of hydrogen-bond donors (Lipinski definition) is 3. The third-order valence-electron chi connectivity index (χ3n) is 3.81. The number of H-pyrrole nitrogens is 1. The molecular formula is C18H29IN4O3S. The molecule has 0 bridgehead atoms. The van der Waals surface area contributed by atoms with Gasteiger partial charge in [0.05, 0.1) is 25.5 Å². The third-order valence-corrected chi connectivity index (χ3v) is 4.72. The molecule has 9 heteroatoms. The fourth-order valence-electron chi connectivity index (χ4n) is 2.53. The molecule has 0 saturated carbocycles. The fraction of sp³-hybridized carbons (Fsp3) is 0.500. The van der Waals surface area contributed by atoms with Gasteiger partial charge in [-0.1, -0.05) is 18.2 Å². The second kappa shape index (κ2) is 12.2. The van der Waals surface area contributed by atoms with Crippen molar-refractivity contribution in [3.05, 3.63) is 36.0 Å². The zero-order valence-electron chi connectivity index (χ0n) is 15.8. The van der Waals surface area contributed by atoms with E-state index < -0.39 is 9.84 Å². The summed E-state index contributed by atoms with van der Waals surface area (Å²) in [6.45, 7) is 4.63. The number of fused-ring (bicyclic) bond motifs is 1. The van der Waals surface area contributed by atoms with Gasteiger partial charge in [-0.2, -0.15) is 0 Å². The van der Waals surface area contributed by atoms with Gasteiger partial charge in [-0.15, -0.1) is 24.0 Å². The van der Waals surface area contributed by atoms with Crippen molar-refractivity contribution in [2.24, 2.45) is 4.99 Å². The summed E-state index contributed by atoms with van der Waals surface area (Å²) in [5.41, 5.74) is 2.42. The maximum Gasteiger partial charge on any atom is 0.191 e. The first-order chi connectivity index (χ1) is 12.5. The van der Waals surface area contributed by atoms with E-state index in [0.717, 1.165) is 31.0 Å². The summed E-state index contributed by atoms with van der Waals surface area (Å²) in [5, 5.41) is 7.75. The minimum atomic E-state index is -2.97. The van der Waals surface area contributed by atoms with E-state index >= 15 is 0 Å². The van der Waals surface area contributed by atoms with Crippen molar-refractivity contribution in [1.82, 2.24) is 15.6 Å². The Labute approximate surface area is 178 Å². The van der Waals surface area contributed by atoms with Gasteiger partial charge in [-0.25, -0.2) is 8.42 Å². The summed E-state index contributed by atoms with van der Waals surface area (Å²) in [4.78, 5) is 7.72. The van der Waals surface area contributed by atoms with Crippen LogP contribution in [0.2, 0.25) is 0 Å². The third kappa shape index (κ3) is 8.93. The Morgan fingerprint density at radius 1 is 1.22 bits per heavy atom. The molecule has 0 unspecified atom stereocenters. The lowest BCUT2D eigenvalue weighted by atomic mass is 10.1. The summed E-state index contributed by atoms with van der Waals surface area (Å²) in [6, 6.07) is 8.26. The van der Waals surface area contributed by atoms with Crippen molar-refractivity contribution in [2.45, 2.75) is 13.3 Å². The van der Waals surface area contributed by atoms with E-state index in [4.69, 9.17) is 4.74 Å². The number of para-hydroxylation sites is 1. The quantitative estimate of drug-likeness (QED) is 0.197. The van der Waals surface area contributed by atoms with Gasteiger partial charge in [-0.05, 0) is 25.0 Å². The Hall–Kier alpha value is -1.33. The lowest BCUT2D eigenvalue weighted by molar-refractivity contribution is 0.157. The van der Waals surface area contributed by atoms with Gasteiger partial charge in [0.2, 0.25) is 0 Å². The van der Waals surface area contributed by atoms with Crippen molar-refractivity contribution < 1.29 is 13.2 Å². The van der Waals surface area contributed by atoms with E-state index in [9.17, 15) is 8.42 Å². The Balaban J connectivity index is 0.00000364. The maximum atomic E-state index is 11.0. The fourth-order valence-corrected chi connectivity index (χ4v) is 2.95. The number of halogens is 1. The average molecular weight is 508 g/mol. The number of ether oxygens (including phenoxy) is 1. The van der Waals surface area contributed by atoms with Crippen LogP contribution in [0.4, 0.5) is 0 Å². The summed E-state index contributed by atoms with van der Waals surface area (Å²) >= 11 is 0. The van der Waals surface area contributed by atoms with E-state index in [1.807, 2.05) is 25.3 Å². The summed E-state index contributed by atoms with van der Waals surface area (Å²) in [7, 11) is -2.97. The molecule has 2 rings (SSSR count). The van der Waals surface area contributed by atoms with E-state index in [2.05, 4.69) is 32.7 Å². The van der Waals surface area contributed by atoms with Crippen molar-refractivity contribution in [2.75, 3.05) is 44.9 Å². The number of guanidine groups is 1. The number of nitrogens with zero attached hydrogens (tertiary/aromatic N) is 1. The molecular weight excluding hydrogens is 479 g/mol. The van der Waals surface area contributed by atoms with Crippen molar-refractivity contribution >= 4 is 50.7 Å². The highest BCUT2D eigenvalue weighted by Crippen LogP contribution is 2.17. The highest BCUT2D eigenvalue weighted by Gasteiger charge is 2.04. The average Bonchev–Trinajstić information content (AvgIpc) is 3.00. The van der Waals surface area contributed by atoms with E-state index in [0.29, 0.717) is 13.2 Å². The maximum absolute atomic E-state index is 11.0. The Morgan fingerprint density at radius 2 is 2.00 bits per heavy atom. The van der Waals surface area contributed by atoms with Gasteiger partial charge in [0.25, 0.3) is 0 Å². The molecule has 1 aromatic heterocycles. The lowest BCUT2D eigenvalue weighted by Crippen LogP contribution is -2.38.